The van der Waals surface area contributed by atoms with Gasteiger partial charge in [-0.3, -0.25) is 9.35 Å². The van der Waals surface area contributed by atoms with Crippen LogP contribution in [0.4, 0.5) is 0 Å². The summed E-state index contributed by atoms with van der Waals surface area (Å²) in [7, 11) is -5.10. The predicted octanol–water partition coefficient (Wildman–Crippen LogP) is 4.85. The molecule has 1 aliphatic heterocycles. The van der Waals surface area contributed by atoms with E-state index in [0.29, 0.717) is 19.3 Å². The number of carbonyl (C=O) groups is 1. The number of ether oxygens (including phenoxy) is 2. The minimum atomic E-state index is -5.10. The van der Waals surface area contributed by atoms with Crippen molar-refractivity contribution in [2.45, 2.75) is 210 Å². The largest absolute Gasteiger partial charge is 0.397 e. The Balaban J connectivity index is 2.60. The van der Waals surface area contributed by atoms with Crippen molar-refractivity contribution in [3.05, 3.63) is 0 Å². The second kappa shape index (κ2) is 28.5. The van der Waals surface area contributed by atoms with Gasteiger partial charge >= 0.3 is 10.4 Å². The Morgan fingerprint density at radius 1 is 0.720 bits per heavy atom. The van der Waals surface area contributed by atoms with Crippen molar-refractivity contribution in [1.29, 1.82) is 0 Å². The van der Waals surface area contributed by atoms with Gasteiger partial charge in [-0.15, -0.1) is 0 Å². The van der Waals surface area contributed by atoms with Crippen LogP contribution in [0, 0.1) is 0 Å². The van der Waals surface area contributed by atoms with Crippen molar-refractivity contribution in [3.63, 3.8) is 0 Å². The Kier molecular flexibility index (Phi) is 26.9. The molecule has 1 rings (SSSR count). The number of aliphatic hydroxyl groups excluding tert-OH is 5. The molecule has 0 saturated carbocycles. The smallest absolute Gasteiger partial charge is 0.394 e. The molecule has 8 unspecified atom stereocenters. The second-order valence-corrected chi connectivity index (χ2v) is 15.1. The fourth-order valence-corrected chi connectivity index (χ4v) is 6.85. The molecule has 50 heavy (non-hydrogen) atoms. The van der Waals surface area contributed by atoms with Crippen LogP contribution in [0.2, 0.25) is 0 Å². The fourth-order valence-electron chi connectivity index (χ4n) is 6.35. The van der Waals surface area contributed by atoms with E-state index in [1.807, 2.05) is 0 Å². The number of carbonyl (C=O) groups excluding carboxylic acids is 1. The van der Waals surface area contributed by atoms with Crippen molar-refractivity contribution >= 4 is 16.3 Å². The predicted molar refractivity (Wildman–Crippen MR) is 192 cm³/mol. The summed E-state index contributed by atoms with van der Waals surface area (Å²) in [6.07, 6.45) is 13.4. The Morgan fingerprint density at radius 3 is 1.60 bits per heavy atom. The maximum absolute atomic E-state index is 13.0. The molecular weight excluding hydrogens is 670 g/mol. The zero-order valence-electron chi connectivity index (χ0n) is 30.8. The van der Waals surface area contributed by atoms with E-state index < -0.39 is 78.5 Å². The van der Waals surface area contributed by atoms with Gasteiger partial charge in [0.05, 0.1) is 25.4 Å². The molecule has 1 heterocycles. The fraction of sp³-hybridized carbons (Fsp3) is 0.972. The van der Waals surface area contributed by atoms with E-state index in [0.717, 1.165) is 51.4 Å². The first-order valence-electron chi connectivity index (χ1n) is 19.5. The molecule has 0 aromatic heterocycles. The van der Waals surface area contributed by atoms with Crippen LogP contribution in [0.15, 0.2) is 0 Å². The van der Waals surface area contributed by atoms with Gasteiger partial charge < -0.3 is 40.3 Å². The summed E-state index contributed by atoms with van der Waals surface area (Å²) in [6, 6.07) is -1.02. The van der Waals surface area contributed by atoms with Crippen molar-refractivity contribution < 1.29 is 57.0 Å². The monoisotopic (exact) mass is 741 g/mol. The molecule has 8 atom stereocenters. The third-order valence-electron chi connectivity index (χ3n) is 9.52. The second-order valence-electron chi connectivity index (χ2n) is 14.0. The van der Waals surface area contributed by atoms with Crippen LogP contribution in [0.1, 0.15) is 162 Å². The quantitative estimate of drug-likeness (QED) is 0.0364. The molecule has 298 valence electrons. The maximum atomic E-state index is 13.0. The van der Waals surface area contributed by atoms with Crippen molar-refractivity contribution in [3.8, 4) is 0 Å². The van der Waals surface area contributed by atoms with Gasteiger partial charge in [0, 0.05) is 0 Å². The summed E-state index contributed by atoms with van der Waals surface area (Å²) >= 11 is 0. The van der Waals surface area contributed by atoms with Gasteiger partial charge in [0.15, 0.2) is 6.29 Å². The Hall–Kier alpha value is -0.940. The van der Waals surface area contributed by atoms with E-state index in [1.54, 1.807) is 0 Å². The van der Waals surface area contributed by atoms with Crippen LogP contribution in [0.5, 0.6) is 0 Å². The van der Waals surface area contributed by atoms with E-state index in [2.05, 4.69) is 23.3 Å². The van der Waals surface area contributed by atoms with Crippen LogP contribution in [-0.4, -0.2) is 107 Å². The molecule has 0 aromatic rings. The van der Waals surface area contributed by atoms with E-state index in [9.17, 15) is 38.7 Å². The zero-order valence-corrected chi connectivity index (χ0v) is 31.7. The van der Waals surface area contributed by atoms with Crippen molar-refractivity contribution in [1.82, 2.24) is 5.32 Å². The lowest BCUT2D eigenvalue weighted by Gasteiger charge is -2.41. The van der Waals surface area contributed by atoms with Crippen LogP contribution in [0.3, 0.4) is 0 Å². The van der Waals surface area contributed by atoms with E-state index >= 15 is 0 Å². The lowest BCUT2D eigenvalue weighted by atomic mass is 9.99. The Bertz CT molecular complexity index is 942. The third kappa shape index (κ3) is 21.6. The lowest BCUT2D eigenvalue weighted by Crippen LogP contribution is -2.61. The first kappa shape index (κ1) is 47.1. The average Bonchev–Trinajstić information content (AvgIpc) is 3.08. The molecular formula is C36H71NO12S. The molecule has 1 amide bonds. The van der Waals surface area contributed by atoms with Crippen molar-refractivity contribution in [2.24, 2.45) is 0 Å². The topological polar surface area (TPSA) is 212 Å². The minimum Gasteiger partial charge on any atom is -0.394 e. The molecule has 0 bridgehead atoms. The number of amides is 1. The molecule has 7 N–H and O–H groups in total. The molecule has 0 spiro atoms. The highest BCUT2D eigenvalue weighted by Gasteiger charge is 2.48. The van der Waals surface area contributed by atoms with Gasteiger partial charge in [0.1, 0.15) is 30.5 Å². The highest BCUT2D eigenvalue weighted by atomic mass is 32.3. The molecule has 14 heteroatoms. The van der Waals surface area contributed by atoms with Crippen LogP contribution in [0.25, 0.3) is 0 Å². The molecule has 1 saturated heterocycles. The van der Waals surface area contributed by atoms with Gasteiger partial charge in [-0.25, -0.2) is 4.18 Å². The summed E-state index contributed by atoms with van der Waals surface area (Å²) in [5, 5.41) is 54.8. The van der Waals surface area contributed by atoms with Gasteiger partial charge in [-0.1, -0.05) is 149 Å². The van der Waals surface area contributed by atoms with E-state index in [4.69, 9.17) is 14.0 Å². The zero-order chi connectivity index (χ0) is 37.2. The number of unbranched alkanes of at least 4 members (excludes halogenated alkanes) is 19. The molecule has 0 radical (unpaired) electrons. The van der Waals surface area contributed by atoms with Gasteiger partial charge in [0.2, 0.25) is 5.91 Å². The summed E-state index contributed by atoms with van der Waals surface area (Å²) in [6.45, 7) is 3.18. The normalized spacial score (nSPS) is 23.1. The first-order chi connectivity index (χ1) is 23.9. The molecule has 0 aromatic carbocycles. The summed E-state index contributed by atoms with van der Waals surface area (Å²) in [4.78, 5) is 13.0. The lowest BCUT2D eigenvalue weighted by molar-refractivity contribution is -0.298. The number of hydrogen-bond donors (Lipinski definition) is 7. The van der Waals surface area contributed by atoms with Gasteiger partial charge in [-0.2, -0.15) is 8.42 Å². The minimum absolute atomic E-state index is 0.264. The molecule has 13 nitrogen and oxygen atoms in total. The molecule has 1 aliphatic rings. The van der Waals surface area contributed by atoms with Crippen LogP contribution >= 0.6 is 0 Å². The van der Waals surface area contributed by atoms with Gasteiger partial charge in [0.25, 0.3) is 0 Å². The number of rotatable bonds is 32. The van der Waals surface area contributed by atoms with E-state index in [1.165, 1.54) is 70.6 Å². The third-order valence-corrected chi connectivity index (χ3v) is 9.99. The van der Waals surface area contributed by atoms with Gasteiger partial charge in [-0.05, 0) is 12.8 Å². The Labute approximate surface area is 301 Å². The SMILES string of the molecule is CCCCCCCCCCCCCCCCC(O)C(=O)NC(COC1OC(CO)C(O)C(OS(=O)(=O)O)C1O)C(O)CCCCCCCCC. The van der Waals surface area contributed by atoms with E-state index in [-0.39, 0.29) is 6.42 Å². The Morgan fingerprint density at radius 2 is 1.16 bits per heavy atom. The molecule has 0 aliphatic carbocycles. The summed E-state index contributed by atoms with van der Waals surface area (Å²) < 4.78 is 47.2. The summed E-state index contributed by atoms with van der Waals surface area (Å²) in [5.41, 5.74) is 0. The number of hydrogen-bond acceptors (Lipinski definition) is 11. The average molecular weight is 742 g/mol. The maximum Gasteiger partial charge on any atom is 0.397 e. The van der Waals surface area contributed by atoms with Crippen LogP contribution in [-0.2, 0) is 28.9 Å². The standard InChI is InChI=1S/C36H71NO12S/c1-3-5-7-9-11-12-13-14-15-16-17-19-21-23-25-30(40)35(43)37-28(29(39)24-22-20-18-10-8-6-4-2)27-47-36-33(42)34(49-50(44,45)46)32(41)31(26-38)48-36/h28-34,36,38-42H,3-27H2,1-2H3,(H,37,43)(H,44,45,46). The number of aliphatic hydroxyl groups is 5. The number of nitrogens with one attached hydrogen (secondary N) is 1. The van der Waals surface area contributed by atoms with Crippen molar-refractivity contribution in [2.75, 3.05) is 13.2 Å². The highest BCUT2D eigenvalue weighted by molar-refractivity contribution is 7.80. The van der Waals surface area contributed by atoms with Crippen LogP contribution < -0.4 is 5.32 Å². The summed E-state index contributed by atoms with van der Waals surface area (Å²) in [5.74, 6) is -0.673. The molecule has 1 fully saturated rings. The highest BCUT2D eigenvalue weighted by Crippen LogP contribution is 2.26. The first-order valence-corrected chi connectivity index (χ1v) is 20.9.